The number of hydrogen-bond acceptors (Lipinski definition) is 3. The Morgan fingerprint density at radius 3 is 2.64 bits per heavy atom. The molecule has 0 saturated carbocycles. The van der Waals surface area contributed by atoms with Gasteiger partial charge in [0.05, 0.1) is 11.4 Å². The molecule has 0 aromatic heterocycles. The zero-order chi connectivity index (χ0) is 19.7. The minimum atomic E-state index is -0.276. The van der Waals surface area contributed by atoms with E-state index < -0.39 is 0 Å². The van der Waals surface area contributed by atoms with Crippen molar-refractivity contribution < 1.29 is 14.3 Å². The van der Waals surface area contributed by atoms with Gasteiger partial charge in [0, 0.05) is 28.3 Å². The number of carbonyl (C=O) groups excluding carboxylic acids is 2. The molecule has 1 atom stereocenters. The minimum absolute atomic E-state index is 0.111. The number of anilines is 2. The summed E-state index contributed by atoms with van der Waals surface area (Å²) in [7, 11) is 0. The normalized spacial score (nSPS) is 16.3. The van der Waals surface area contributed by atoms with Gasteiger partial charge in [-0.1, -0.05) is 48.0 Å². The molecule has 0 saturated heterocycles. The first-order chi connectivity index (χ1) is 13.5. The molecule has 5 nitrogen and oxygen atoms in total. The van der Waals surface area contributed by atoms with Crippen LogP contribution in [0, 0.1) is 0 Å². The van der Waals surface area contributed by atoms with Crippen LogP contribution in [0.5, 0.6) is 5.75 Å². The predicted molar refractivity (Wildman–Crippen MR) is 111 cm³/mol. The molecule has 4 rings (SSSR count). The second kappa shape index (κ2) is 7.52. The van der Waals surface area contributed by atoms with E-state index in [9.17, 15) is 9.59 Å². The molecule has 0 aliphatic carbocycles. The first-order valence-electron chi connectivity index (χ1n) is 9.05. The highest BCUT2D eigenvalue weighted by molar-refractivity contribution is 6.35. The van der Waals surface area contributed by atoms with Crippen molar-refractivity contribution in [2.75, 3.05) is 16.8 Å². The van der Waals surface area contributed by atoms with E-state index in [0.717, 1.165) is 10.8 Å². The van der Waals surface area contributed by atoms with Crippen LogP contribution in [-0.4, -0.2) is 24.5 Å². The zero-order valence-corrected chi connectivity index (χ0v) is 16.1. The third kappa shape index (κ3) is 3.41. The molecule has 0 spiro atoms. The van der Waals surface area contributed by atoms with Crippen LogP contribution in [0.2, 0.25) is 5.02 Å². The predicted octanol–water partition coefficient (Wildman–Crippen LogP) is 4.64. The molecule has 1 N–H and O–H groups in total. The fourth-order valence-electron chi connectivity index (χ4n) is 3.54. The Labute approximate surface area is 167 Å². The summed E-state index contributed by atoms with van der Waals surface area (Å²) in [5, 5.41) is 5.21. The van der Waals surface area contributed by atoms with Gasteiger partial charge >= 0.3 is 0 Å². The largest absolute Gasteiger partial charge is 0.483 e. The molecule has 0 radical (unpaired) electrons. The van der Waals surface area contributed by atoms with Gasteiger partial charge < -0.3 is 15.0 Å². The number of rotatable bonds is 3. The third-order valence-corrected chi connectivity index (χ3v) is 5.14. The minimum Gasteiger partial charge on any atom is -0.483 e. The van der Waals surface area contributed by atoms with Gasteiger partial charge in [-0.25, -0.2) is 0 Å². The fourth-order valence-corrected chi connectivity index (χ4v) is 3.77. The Bertz CT molecular complexity index is 1070. The smallest absolute Gasteiger partial charge is 0.265 e. The number of carbonyl (C=O) groups is 2. The maximum absolute atomic E-state index is 13.0. The summed E-state index contributed by atoms with van der Waals surface area (Å²) >= 11 is 6.25. The standard InChI is InChI=1S/C22H19ClN2O3/c1-14-12-21(26)24-18-8-4-5-9-19(18)25(14)22(27)13-28-20-11-10-17(23)15-6-2-3-7-16(15)20/h2-11,14H,12-13H2,1H3,(H,24,26). The van der Waals surface area contributed by atoms with Crippen LogP contribution in [0.3, 0.4) is 0 Å². The van der Waals surface area contributed by atoms with Crippen LogP contribution >= 0.6 is 11.6 Å². The van der Waals surface area contributed by atoms with Crippen molar-refractivity contribution in [2.45, 2.75) is 19.4 Å². The number of hydrogen-bond donors (Lipinski definition) is 1. The molecule has 142 valence electrons. The first kappa shape index (κ1) is 18.3. The number of para-hydroxylation sites is 2. The summed E-state index contributed by atoms with van der Waals surface area (Å²) in [6, 6.07) is 18.2. The Morgan fingerprint density at radius 1 is 1.11 bits per heavy atom. The fraction of sp³-hybridized carbons (Fsp3) is 0.182. The van der Waals surface area contributed by atoms with Gasteiger partial charge in [0.25, 0.3) is 5.91 Å². The number of amides is 2. The number of halogens is 1. The lowest BCUT2D eigenvalue weighted by Crippen LogP contribution is -2.41. The van der Waals surface area contributed by atoms with Gasteiger partial charge in [0.1, 0.15) is 5.75 Å². The van der Waals surface area contributed by atoms with Crippen molar-refractivity contribution in [1.29, 1.82) is 0 Å². The van der Waals surface area contributed by atoms with E-state index in [0.29, 0.717) is 22.1 Å². The maximum Gasteiger partial charge on any atom is 0.265 e. The van der Waals surface area contributed by atoms with E-state index in [2.05, 4.69) is 5.32 Å². The Kier molecular flexibility index (Phi) is 4.92. The number of fused-ring (bicyclic) bond motifs is 2. The van der Waals surface area contributed by atoms with Gasteiger partial charge in [0.15, 0.2) is 6.61 Å². The van der Waals surface area contributed by atoms with Gasteiger partial charge in [-0.3, -0.25) is 9.59 Å². The van der Waals surface area contributed by atoms with Crippen molar-refractivity contribution in [3.63, 3.8) is 0 Å². The highest BCUT2D eigenvalue weighted by Crippen LogP contribution is 2.33. The summed E-state index contributed by atoms with van der Waals surface area (Å²) in [6.07, 6.45) is 0.226. The number of ether oxygens (including phenoxy) is 1. The van der Waals surface area contributed by atoms with E-state index >= 15 is 0 Å². The van der Waals surface area contributed by atoms with Crippen molar-refractivity contribution >= 4 is 45.6 Å². The molecule has 1 aliphatic heterocycles. The summed E-state index contributed by atoms with van der Waals surface area (Å²) in [5.41, 5.74) is 1.30. The summed E-state index contributed by atoms with van der Waals surface area (Å²) in [4.78, 5) is 26.8. The molecular formula is C22H19ClN2O3. The van der Waals surface area contributed by atoms with Crippen LogP contribution in [0.25, 0.3) is 10.8 Å². The van der Waals surface area contributed by atoms with E-state index in [-0.39, 0.29) is 30.9 Å². The van der Waals surface area contributed by atoms with Crippen molar-refractivity contribution in [1.82, 2.24) is 0 Å². The first-order valence-corrected chi connectivity index (χ1v) is 9.43. The molecular weight excluding hydrogens is 376 g/mol. The third-order valence-electron chi connectivity index (χ3n) is 4.81. The molecule has 0 bridgehead atoms. The van der Waals surface area contributed by atoms with Crippen molar-refractivity contribution in [3.8, 4) is 5.75 Å². The molecule has 6 heteroatoms. The molecule has 28 heavy (non-hydrogen) atoms. The van der Waals surface area contributed by atoms with Crippen LogP contribution in [0.4, 0.5) is 11.4 Å². The lowest BCUT2D eigenvalue weighted by atomic mass is 10.1. The summed E-state index contributed by atoms with van der Waals surface area (Å²) in [6.45, 7) is 1.72. The summed E-state index contributed by atoms with van der Waals surface area (Å²) in [5.74, 6) is 0.272. The van der Waals surface area contributed by atoms with Crippen LogP contribution in [0.15, 0.2) is 60.7 Å². The topological polar surface area (TPSA) is 58.6 Å². The average molecular weight is 395 g/mol. The van der Waals surface area contributed by atoms with E-state index in [4.69, 9.17) is 16.3 Å². The van der Waals surface area contributed by atoms with Crippen LogP contribution in [-0.2, 0) is 9.59 Å². The Hall–Kier alpha value is -3.05. The van der Waals surface area contributed by atoms with Gasteiger partial charge in [-0.2, -0.15) is 0 Å². The molecule has 3 aromatic rings. The summed E-state index contributed by atoms with van der Waals surface area (Å²) < 4.78 is 5.87. The second-order valence-electron chi connectivity index (χ2n) is 6.76. The quantitative estimate of drug-likeness (QED) is 0.704. The number of benzene rings is 3. The van der Waals surface area contributed by atoms with Crippen LogP contribution in [0.1, 0.15) is 13.3 Å². The molecule has 1 aliphatic rings. The van der Waals surface area contributed by atoms with Gasteiger partial charge in [0.2, 0.25) is 5.91 Å². The number of nitrogens with zero attached hydrogens (tertiary/aromatic N) is 1. The highest BCUT2D eigenvalue weighted by atomic mass is 35.5. The molecule has 1 unspecified atom stereocenters. The SMILES string of the molecule is CC1CC(=O)Nc2ccccc2N1C(=O)COc1ccc(Cl)c2ccccc12. The monoisotopic (exact) mass is 394 g/mol. The van der Waals surface area contributed by atoms with Gasteiger partial charge in [-0.05, 0) is 31.2 Å². The number of nitrogens with one attached hydrogen (secondary N) is 1. The van der Waals surface area contributed by atoms with E-state index in [1.165, 1.54) is 0 Å². The Morgan fingerprint density at radius 2 is 1.82 bits per heavy atom. The average Bonchev–Trinajstić information content (AvgIpc) is 2.81. The molecule has 1 heterocycles. The molecule has 2 amide bonds. The van der Waals surface area contributed by atoms with Crippen LogP contribution < -0.4 is 15.0 Å². The van der Waals surface area contributed by atoms with Crippen molar-refractivity contribution in [3.05, 3.63) is 65.7 Å². The van der Waals surface area contributed by atoms with E-state index in [1.54, 1.807) is 23.1 Å². The second-order valence-corrected chi connectivity index (χ2v) is 7.17. The molecule has 0 fully saturated rings. The Balaban J connectivity index is 1.61. The van der Waals surface area contributed by atoms with Crippen molar-refractivity contribution in [2.24, 2.45) is 0 Å². The zero-order valence-electron chi connectivity index (χ0n) is 15.3. The highest BCUT2D eigenvalue weighted by Gasteiger charge is 2.29. The maximum atomic E-state index is 13.0. The van der Waals surface area contributed by atoms with Gasteiger partial charge in [-0.15, -0.1) is 0 Å². The molecule has 3 aromatic carbocycles. The lowest BCUT2D eigenvalue weighted by molar-refractivity contribution is -0.121. The lowest BCUT2D eigenvalue weighted by Gasteiger charge is -2.27. The van der Waals surface area contributed by atoms with E-state index in [1.807, 2.05) is 49.4 Å².